The highest BCUT2D eigenvalue weighted by molar-refractivity contribution is 6.05. The van der Waals surface area contributed by atoms with Crippen LogP contribution in [0.1, 0.15) is 39.5 Å². The van der Waals surface area contributed by atoms with Crippen LogP contribution in [0.25, 0.3) is 6.08 Å². The second-order valence-electron chi connectivity index (χ2n) is 11.1. The van der Waals surface area contributed by atoms with E-state index in [0.717, 1.165) is 41.2 Å². The third kappa shape index (κ3) is 6.38. The molecule has 8 heteroatoms. The van der Waals surface area contributed by atoms with Gasteiger partial charge in [-0.2, -0.15) is 0 Å². The molecule has 0 aliphatic carbocycles. The molecule has 0 saturated carbocycles. The van der Waals surface area contributed by atoms with Gasteiger partial charge in [0.25, 0.3) is 11.5 Å². The molecule has 2 atom stereocenters. The molecule has 218 valence electrons. The summed E-state index contributed by atoms with van der Waals surface area (Å²) in [5.74, 6) is 0.747. The minimum absolute atomic E-state index is 0.0452. The Balaban J connectivity index is 1.25. The molecule has 2 amide bonds. The van der Waals surface area contributed by atoms with Crippen molar-refractivity contribution in [1.82, 2.24) is 9.88 Å². The lowest BCUT2D eigenvalue weighted by atomic mass is 9.83. The van der Waals surface area contributed by atoms with Crippen LogP contribution in [0, 0.1) is 5.92 Å². The lowest BCUT2D eigenvalue weighted by molar-refractivity contribution is -0.111. The van der Waals surface area contributed by atoms with Crippen LogP contribution >= 0.6 is 0 Å². The van der Waals surface area contributed by atoms with Crippen LogP contribution in [0.15, 0.2) is 102 Å². The van der Waals surface area contributed by atoms with Crippen LogP contribution in [0.5, 0.6) is 5.75 Å². The number of piperidine rings is 1. The van der Waals surface area contributed by atoms with Gasteiger partial charge < -0.3 is 24.8 Å². The van der Waals surface area contributed by atoms with Crippen LogP contribution in [0.4, 0.5) is 11.4 Å². The number of benzene rings is 3. The zero-order chi connectivity index (χ0) is 29.8. The van der Waals surface area contributed by atoms with Crippen LogP contribution in [0.2, 0.25) is 0 Å². The zero-order valence-corrected chi connectivity index (χ0v) is 24.0. The van der Waals surface area contributed by atoms with Gasteiger partial charge in [0.1, 0.15) is 5.75 Å². The molecule has 3 heterocycles. The number of nitrogens with zero attached hydrogens (tertiary/aromatic N) is 2. The van der Waals surface area contributed by atoms with Crippen molar-refractivity contribution in [2.45, 2.75) is 25.4 Å². The van der Waals surface area contributed by atoms with Crippen LogP contribution in [0.3, 0.4) is 0 Å². The quantitative estimate of drug-likeness (QED) is 0.287. The highest BCUT2D eigenvalue weighted by Crippen LogP contribution is 2.39. The molecule has 0 radical (unpaired) electrons. The Bertz CT molecular complexity index is 1710. The summed E-state index contributed by atoms with van der Waals surface area (Å²) < 4.78 is 7.12. The van der Waals surface area contributed by atoms with Crippen molar-refractivity contribution in [1.29, 1.82) is 0 Å². The third-order valence-corrected chi connectivity index (χ3v) is 8.18. The molecule has 1 aromatic heterocycles. The van der Waals surface area contributed by atoms with E-state index in [1.54, 1.807) is 31.4 Å². The van der Waals surface area contributed by atoms with E-state index in [0.29, 0.717) is 36.8 Å². The summed E-state index contributed by atoms with van der Waals surface area (Å²) >= 11 is 0. The van der Waals surface area contributed by atoms with Crippen LogP contribution in [-0.4, -0.2) is 36.6 Å². The molecule has 6 rings (SSSR count). The molecule has 1 fully saturated rings. The Hall–Kier alpha value is -5.11. The molecule has 2 aliphatic heterocycles. The van der Waals surface area contributed by atoms with Gasteiger partial charge in [-0.3, -0.25) is 14.4 Å². The van der Waals surface area contributed by atoms with Gasteiger partial charge in [-0.15, -0.1) is 0 Å². The summed E-state index contributed by atoms with van der Waals surface area (Å²) in [7, 11) is 1.62. The Labute approximate surface area is 250 Å². The van der Waals surface area contributed by atoms with E-state index in [2.05, 4.69) is 15.5 Å². The van der Waals surface area contributed by atoms with Crippen LogP contribution < -0.4 is 25.8 Å². The summed E-state index contributed by atoms with van der Waals surface area (Å²) in [4.78, 5) is 41.1. The molecule has 2 bridgehead atoms. The zero-order valence-electron chi connectivity index (χ0n) is 24.0. The first-order chi connectivity index (χ1) is 21.0. The highest BCUT2D eigenvalue weighted by atomic mass is 16.5. The fraction of sp³-hybridized carbons (Fsp3) is 0.229. The number of carbonyl (C=O) groups excluding carboxylic acids is 2. The summed E-state index contributed by atoms with van der Waals surface area (Å²) in [6, 6.07) is 28.1. The largest absolute Gasteiger partial charge is 0.497 e. The molecule has 3 aromatic carbocycles. The predicted octanol–water partition coefficient (Wildman–Crippen LogP) is 5.06. The van der Waals surface area contributed by atoms with Gasteiger partial charge in [-0.1, -0.05) is 48.5 Å². The topological polar surface area (TPSA) is 92.7 Å². The minimum atomic E-state index is -0.282. The van der Waals surface area contributed by atoms with E-state index in [4.69, 9.17) is 4.74 Å². The first-order valence-corrected chi connectivity index (χ1v) is 14.5. The van der Waals surface area contributed by atoms with Gasteiger partial charge in [-0.05, 0) is 65.9 Å². The number of carbonyl (C=O) groups is 2. The van der Waals surface area contributed by atoms with Crippen molar-refractivity contribution in [2.75, 3.05) is 30.4 Å². The normalized spacial score (nSPS) is 17.3. The number of nitrogens with one attached hydrogen (secondary N) is 2. The van der Waals surface area contributed by atoms with Gasteiger partial charge in [0.15, 0.2) is 0 Å². The second kappa shape index (κ2) is 12.4. The summed E-state index contributed by atoms with van der Waals surface area (Å²) in [5.41, 5.74) is 4.85. The third-order valence-electron chi connectivity index (χ3n) is 8.18. The molecular weight excluding hydrogens is 540 g/mol. The van der Waals surface area contributed by atoms with Gasteiger partial charge >= 0.3 is 0 Å². The van der Waals surface area contributed by atoms with E-state index in [-0.39, 0.29) is 23.3 Å². The van der Waals surface area contributed by atoms with Crippen molar-refractivity contribution in [2.24, 2.45) is 5.92 Å². The van der Waals surface area contributed by atoms with Crippen molar-refractivity contribution in [3.05, 3.63) is 130 Å². The molecule has 2 N–H and O–H groups in total. The Morgan fingerprint density at radius 1 is 0.930 bits per heavy atom. The maximum absolute atomic E-state index is 13.2. The Morgan fingerprint density at radius 2 is 1.74 bits per heavy atom. The molecule has 2 aliphatic rings. The Morgan fingerprint density at radius 3 is 2.53 bits per heavy atom. The lowest BCUT2D eigenvalue weighted by Crippen LogP contribution is -2.47. The van der Waals surface area contributed by atoms with Crippen molar-refractivity contribution >= 4 is 29.3 Å². The fourth-order valence-electron chi connectivity index (χ4n) is 6.08. The number of hydrogen-bond acceptors (Lipinski definition) is 5. The highest BCUT2D eigenvalue weighted by Gasteiger charge is 2.35. The van der Waals surface area contributed by atoms with Gasteiger partial charge in [0, 0.05) is 55.5 Å². The van der Waals surface area contributed by atoms with E-state index in [1.807, 2.05) is 77.4 Å². The van der Waals surface area contributed by atoms with Crippen molar-refractivity contribution in [3.8, 4) is 5.75 Å². The van der Waals surface area contributed by atoms with Crippen LogP contribution in [-0.2, 0) is 17.9 Å². The number of rotatable bonds is 8. The SMILES string of the molecule is COc1ccc(CNC(=O)c2ccc(N3CC4CC(C3)c3cccc(=O)n3C4)c(NC(=O)C=Cc3ccccc3)c2)cc1. The maximum atomic E-state index is 13.2. The molecular formula is C35H34N4O4. The molecule has 0 spiro atoms. The molecule has 43 heavy (non-hydrogen) atoms. The summed E-state index contributed by atoms with van der Waals surface area (Å²) in [6.45, 7) is 2.50. The number of hydrogen-bond donors (Lipinski definition) is 2. The van der Waals surface area contributed by atoms with E-state index in [1.165, 1.54) is 6.08 Å². The van der Waals surface area contributed by atoms with Gasteiger partial charge in [-0.25, -0.2) is 0 Å². The number of aromatic nitrogens is 1. The van der Waals surface area contributed by atoms with Crippen molar-refractivity contribution < 1.29 is 14.3 Å². The first-order valence-electron chi connectivity index (χ1n) is 14.5. The van der Waals surface area contributed by atoms with E-state index >= 15 is 0 Å². The number of amides is 2. The molecule has 4 aromatic rings. The summed E-state index contributed by atoms with van der Waals surface area (Å²) in [6.07, 6.45) is 4.29. The van der Waals surface area contributed by atoms with E-state index < -0.39 is 0 Å². The number of pyridine rings is 1. The van der Waals surface area contributed by atoms with Gasteiger partial charge in [0.2, 0.25) is 5.91 Å². The number of fused-ring (bicyclic) bond motifs is 4. The molecule has 8 nitrogen and oxygen atoms in total. The number of anilines is 2. The number of methoxy groups -OCH3 is 1. The molecule has 1 saturated heterocycles. The monoisotopic (exact) mass is 574 g/mol. The standard InChI is InChI=1S/C35H34N4O4/c1-43-29-14-10-25(11-15-29)20-36-35(42)27-13-16-32(30(19-27)37-33(40)17-12-24-6-3-2-4-7-24)38-21-26-18-28(23-38)31-8-5-9-34(41)39(31)22-26/h2-17,19,26,28H,18,20-23H2,1H3,(H,36,42)(H,37,40). The second-order valence-corrected chi connectivity index (χ2v) is 11.1. The Kier molecular flexibility index (Phi) is 8.09. The average molecular weight is 575 g/mol. The molecule has 2 unspecified atom stereocenters. The lowest BCUT2D eigenvalue weighted by Gasteiger charge is -2.44. The fourth-order valence-corrected chi connectivity index (χ4v) is 6.08. The maximum Gasteiger partial charge on any atom is 0.251 e. The average Bonchev–Trinajstić information content (AvgIpc) is 3.04. The number of ether oxygens (including phenoxy) is 1. The summed E-state index contributed by atoms with van der Waals surface area (Å²) in [5, 5.41) is 6.01. The van der Waals surface area contributed by atoms with Gasteiger partial charge in [0.05, 0.1) is 18.5 Å². The first kappa shape index (κ1) is 28.0. The van der Waals surface area contributed by atoms with Crippen molar-refractivity contribution in [3.63, 3.8) is 0 Å². The predicted molar refractivity (Wildman–Crippen MR) is 168 cm³/mol. The smallest absolute Gasteiger partial charge is 0.251 e. The van der Waals surface area contributed by atoms with E-state index in [9.17, 15) is 14.4 Å². The minimum Gasteiger partial charge on any atom is -0.497 e.